The lowest BCUT2D eigenvalue weighted by molar-refractivity contribution is -0.134. The number of aromatic nitrogens is 1. The molecule has 1 aliphatic rings. The first-order chi connectivity index (χ1) is 11.4. The predicted molar refractivity (Wildman–Crippen MR) is 94.9 cm³/mol. The summed E-state index contributed by atoms with van der Waals surface area (Å²) in [5.74, 6) is -2.51. The molecule has 2 rings (SSSR count). The molecule has 0 unspecified atom stereocenters. The zero-order valence-corrected chi connectivity index (χ0v) is 14.5. The van der Waals surface area contributed by atoms with Crippen LogP contribution in [0.15, 0.2) is 23.6 Å². The SMILES string of the molecule is CCCCN1CCC=C(c2csc(N)n2)C1.O=C(O)/C=C\C(=O)O. The standard InChI is InChI=1S/C12H19N3S.C4H4O4/c1-2-3-6-15-7-4-5-10(8-15)11-9-16-12(13)14-11;5-3(6)1-2-4(7)8/h5,9H,2-4,6-8H2,1H3,(H2,13,14);1-2H,(H,5,6)(H,7,8)/b;2-1-. The van der Waals surface area contributed by atoms with E-state index in [0.717, 1.165) is 18.7 Å². The number of thiazole rings is 1. The summed E-state index contributed by atoms with van der Waals surface area (Å²) >= 11 is 1.52. The number of carboxylic acids is 2. The molecule has 0 bridgehead atoms. The summed E-state index contributed by atoms with van der Waals surface area (Å²) in [7, 11) is 0. The van der Waals surface area contributed by atoms with Crippen LogP contribution in [0.3, 0.4) is 0 Å². The van der Waals surface area contributed by atoms with Crippen molar-refractivity contribution in [2.24, 2.45) is 0 Å². The molecule has 24 heavy (non-hydrogen) atoms. The van der Waals surface area contributed by atoms with Gasteiger partial charge in [-0.25, -0.2) is 14.6 Å². The number of rotatable bonds is 6. The maximum absolute atomic E-state index is 9.55. The van der Waals surface area contributed by atoms with Crippen LogP contribution in [0.1, 0.15) is 31.9 Å². The molecule has 0 atom stereocenters. The molecule has 0 radical (unpaired) electrons. The Bertz CT molecular complexity index is 594. The summed E-state index contributed by atoms with van der Waals surface area (Å²) in [6.07, 6.45) is 7.10. The Hall–Kier alpha value is -2.19. The molecule has 0 spiro atoms. The van der Waals surface area contributed by atoms with Gasteiger partial charge in [0.1, 0.15) is 0 Å². The molecule has 1 aliphatic heterocycles. The molecule has 1 aromatic rings. The Morgan fingerprint density at radius 2 is 2.04 bits per heavy atom. The summed E-state index contributed by atoms with van der Waals surface area (Å²) in [5, 5.41) is 18.4. The quantitative estimate of drug-likeness (QED) is 0.672. The van der Waals surface area contributed by atoms with Gasteiger partial charge in [-0.3, -0.25) is 4.90 Å². The first-order valence-corrected chi connectivity index (χ1v) is 8.57. The number of anilines is 1. The molecule has 132 valence electrons. The van der Waals surface area contributed by atoms with E-state index >= 15 is 0 Å². The van der Waals surface area contributed by atoms with Gasteiger partial charge in [0.15, 0.2) is 5.13 Å². The second kappa shape index (κ2) is 10.6. The van der Waals surface area contributed by atoms with Crippen molar-refractivity contribution in [2.75, 3.05) is 25.4 Å². The Balaban J connectivity index is 0.000000307. The minimum absolute atomic E-state index is 0.558. The predicted octanol–water partition coefficient (Wildman–Crippen LogP) is 2.33. The van der Waals surface area contributed by atoms with Gasteiger partial charge in [0.25, 0.3) is 0 Å². The maximum Gasteiger partial charge on any atom is 0.328 e. The van der Waals surface area contributed by atoms with E-state index in [1.54, 1.807) is 0 Å². The Morgan fingerprint density at radius 1 is 1.38 bits per heavy atom. The largest absolute Gasteiger partial charge is 0.478 e. The van der Waals surface area contributed by atoms with Crippen molar-refractivity contribution >= 4 is 34.0 Å². The van der Waals surface area contributed by atoms with E-state index < -0.39 is 11.9 Å². The van der Waals surface area contributed by atoms with Crippen LogP contribution in [0.2, 0.25) is 0 Å². The Kier molecular flexibility index (Phi) is 8.74. The number of nitrogens with zero attached hydrogens (tertiary/aromatic N) is 2. The van der Waals surface area contributed by atoms with Crippen molar-refractivity contribution in [2.45, 2.75) is 26.2 Å². The number of nitrogen functional groups attached to an aromatic ring is 1. The van der Waals surface area contributed by atoms with Crippen LogP contribution in [-0.2, 0) is 9.59 Å². The summed E-state index contributed by atoms with van der Waals surface area (Å²) in [6.45, 7) is 5.65. The summed E-state index contributed by atoms with van der Waals surface area (Å²) in [6, 6.07) is 0. The molecule has 4 N–H and O–H groups in total. The minimum atomic E-state index is -1.26. The molecule has 2 heterocycles. The molecular weight excluding hydrogens is 330 g/mol. The van der Waals surface area contributed by atoms with Crippen molar-refractivity contribution in [1.29, 1.82) is 0 Å². The monoisotopic (exact) mass is 353 g/mol. The van der Waals surface area contributed by atoms with E-state index in [1.165, 1.54) is 42.8 Å². The summed E-state index contributed by atoms with van der Waals surface area (Å²) < 4.78 is 0. The number of carbonyl (C=O) groups is 2. The topological polar surface area (TPSA) is 117 Å². The van der Waals surface area contributed by atoms with E-state index in [1.807, 2.05) is 0 Å². The molecule has 0 aliphatic carbocycles. The van der Waals surface area contributed by atoms with E-state index in [-0.39, 0.29) is 0 Å². The molecule has 8 heteroatoms. The lowest BCUT2D eigenvalue weighted by atomic mass is 10.1. The van der Waals surface area contributed by atoms with Crippen LogP contribution in [0.5, 0.6) is 0 Å². The normalized spacial score (nSPS) is 14.8. The number of hydrogen-bond donors (Lipinski definition) is 3. The van der Waals surface area contributed by atoms with E-state index in [0.29, 0.717) is 17.3 Å². The van der Waals surface area contributed by atoms with Gasteiger partial charge in [-0.05, 0) is 25.0 Å². The highest BCUT2D eigenvalue weighted by Crippen LogP contribution is 2.23. The van der Waals surface area contributed by atoms with Crippen LogP contribution in [-0.4, -0.2) is 51.7 Å². The van der Waals surface area contributed by atoms with E-state index in [4.69, 9.17) is 15.9 Å². The fraction of sp³-hybridized carbons (Fsp3) is 0.438. The van der Waals surface area contributed by atoms with Crippen LogP contribution in [0.25, 0.3) is 5.57 Å². The van der Waals surface area contributed by atoms with E-state index in [9.17, 15) is 9.59 Å². The second-order valence-corrected chi connectivity index (χ2v) is 6.12. The second-order valence-electron chi connectivity index (χ2n) is 5.23. The van der Waals surface area contributed by atoms with Gasteiger partial charge in [0, 0.05) is 30.6 Å². The molecule has 0 aromatic carbocycles. The van der Waals surface area contributed by atoms with Gasteiger partial charge in [-0.1, -0.05) is 19.4 Å². The number of nitrogens with two attached hydrogens (primary N) is 1. The smallest absolute Gasteiger partial charge is 0.328 e. The van der Waals surface area contributed by atoms with Crippen LogP contribution in [0, 0.1) is 0 Å². The van der Waals surface area contributed by atoms with Gasteiger partial charge in [0.2, 0.25) is 0 Å². The molecular formula is C16H23N3O4S. The zero-order valence-electron chi connectivity index (χ0n) is 13.6. The van der Waals surface area contributed by atoms with Crippen LogP contribution in [0.4, 0.5) is 5.13 Å². The summed E-state index contributed by atoms with van der Waals surface area (Å²) in [5.41, 5.74) is 8.08. The average Bonchev–Trinajstić information content (AvgIpc) is 2.98. The minimum Gasteiger partial charge on any atom is -0.478 e. The van der Waals surface area contributed by atoms with Crippen molar-refractivity contribution < 1.29 is 19.8 Å². The first kappa shape index (κ1) is 19.9. The highest BCUT2D eigenvalue weighted by atomic mass is 32.1. The fourth-order valence-corrected chi connectivity index (χ4v) is 2.73. The number of carboxylic acid groups (broad SMARTS) is 2. The van der Waals surface area contributed by atoms with Crippen LogP contribution >= 0.6 is 11.3 Å². The first-order valence-electron chi connectivity index (χ1n) is 7.69. The maximum atomic E-state index is 9.55. The van der Waals surface area contributed by atoms with Gasteiger partial charge in [-0.15, -0.1) is 11.3 Å². The number of aliphatic carboxylic acids is 2. The van der Waals surface area contributed by atoms with E-state index in [2.05, 4.69) is 28.3 Å². The Labute approximate surface area is 145 Å². The summed E-state index contributed by atoms with van der Waals surface area (Å²) in [4.78, 5) is 26.0. The highest BCUT2D eigenvalue weighted by Gasteiger charge is 2.15. The third-order valence-corrected chi connectivity index (χ3v) is 3.95. The highest BCUT2D eigenvalue weighted by molar-refractivity contribution is 7.13. The molecule has 0 amide bonds. The van der Waals surface area contributed by atoms with Crippen molar-refractivity contribution in [3.63, 3.8) is 0 Å². The van der Waals surface area contributed by atoms with Crippen LogP contribution < -0.4 is 5.73 Å². The lowest BCUT2D eigenvalue weighted by Crippen LogP contribution is -2.30. The van der Waals surface area contributed by atoms with Gasteiger partial charge in [0.05, 0.1) is 5.69 Å². The molecule has 1 aromatic heterocycles. The van der Waals surface area contributed by atoms with Gasteiger partial charge < -0.3 is 15.9 Å². The Morgan fingerprint density at radius 3 is 2.54 bits per heavy atom. The molecule has 0 saturated carbocycles. The van der Waals surface area contributed by atoms with Gasteiger partial charge in [-0.2, -0.15) is 0 Å². The third-order valence-electron chi connectivity index (χ3n) is 3.28. The third kappa shape index (κ3) is 7.89. The number of hydrogen-bond acceptors (Lipinski definition) is 6. The van der Waals surface area contributed by atoms with Crippen molar-refractivity contribution in [3.8, 4) is 0 Å². The number of unbranched alkanes of at least 4 members (excludes halogenated alkanes) is 1. The van der Waals surface area contributed by atoms with Crippen molar-refractivity contribution in [3.05, 3.63) is 29.3 Å². The molecule has 0 fully saturated rings. The molecule has 0 saturated heterocycles. The zero-order chi connectivity index (χ0) is 17.9. The van der Waals surface area contributed by atoms with Crippen molar-refractivity contribution in [1.82, 2.24) is 9.88 Å². The van der Waals surface area contributed by atoms with Gasteiger partial charge >= 0.3 is 11.9 Å². The lowest BCUT2D eigenvalue weighted by Gasteiger charge is -2.26. The molecule has 7 nitrogen and oxygen atoms in total. The fourth-order valence-electron chi connectivity index (χ4n) is 2.14. The average molecular weight is 353 g/mol.